The molecule has 116 valence electrons. The highest BCUT2D eigenvalue weighted by molar-refractivity contribution is 8.26. The number of aliphatic hydroxyl groups is 1. The second-order valence-corrected chi connectivity index (χ2v) is 9.83. The fourth-order valence-electron chi connectivity index (χ4n) is 2.72. The number of thioether (sulfide) groups is 2. The predicted molar refractivity (Wildman–Crippen MR) is 81.7 cm³/mol. The van der Waals surface area contributed by atoms with Crippen LogP contribution in [0.4, 0.5) is 0 Å². The molecule has 0 spiro atoms. The van der Waals surface area contributed by atoms with Gasteiger partial charge in [-0.25, -0.2) is 4.79 Å². The SMILES string of the molecule is CC(O)[C@H]1C(=O)N2C(C(=O)O)=C(SC3CCCS3=O)S[C@H]12. The Morgan fingerprint density at radius 2 is 2.29 bits per heavy atom. The first-order valence-electron chi connectivity index (χ1n) is 6.61. The van der Waals surface area contributed by atoms with E-state index in [-0.39, 0.29) is 21.6 Å². The lowest BCUT2D eigenvalue weighted by molar-refractivity contribution is -0.156. The average Bonchev–Trinajstić information content (AvgIpc) is 2.92. The van der Waals surface area contributed by atoms with Crippen LogP contribution in [-0.2, 0) is 20.4 Å². The molecule has 0 aromatic rings. The van der Waals surface area contributed by atoms with E-state index in [1.807, 2.05) is 0 Å². The smallest absolute Gasteiger partial charge is 0.354 e. The van der Waals surface area contributed by atoms with Crippen LogP contribution in [-0.4, -0.2) is 53.0 Å². The molecule has 3 aliphatic rings. The maximum Gasteiger partial charge on any atom is 0.354 e. The van der Waals surface area contributed by atoms with Gasteiger partial charge in [-0.05, 0) is 19.8 Å². The number of carbonyl (C=O) groups is 2. The molecule has 9 heteroatoms. The van der Waals surface area contributed by atoms with Gasteiger partial charge < -0.3 is 10.2 Å². The van der Waals surface area contributed by atoms with E-state index >= 15 is 0 Å². The molecule has 3 aliphatic heterocycles. The predicted octanol–water partition coefficient (Wildman–Crippen LogP) is 0.754. The summed E-state index contributed by atoms with van der Waals surface area (Å²) in [5.74, 6) is -1.39. The summed E-state index contributed by atoms with van der Waals surface area (Å²) in [4.78, 5) is 24.7. The summed E-state index contributed by atoms with van der Waals surface area (Å²) in [6.07, 6.45) is 0.880. The lowest BCUT2D eigenvalue weighted by atomic mass is 9.92. The lowest BCUT2D eigenvalue weighted by Gasteiger charge is -2.43. The number of aliphatic hydroxyl groups excluding tert-OH is 1. The Labute approximate surface area is 132 Å². The standard InChI is InChI=1S/C12H15NO5S3/c1-5(14)7-9(15)13-8(11(16)17)12(20-10(7)13)19-6-3-2-4-21(6)18/h5-7,10,14H,2-4H2,1H3,(H,16,17)/t5?,6?,7-,10+,21?/m0/s1. The summed E-state index contributed by atoms with van der Waals surface area (Å²) >= 11 is 2.61. The van der Waals surface area contributed by atoms with Crippen molar-refractivity contribution in [2.75, 3.05) is 5.75 Å². The molecule has 0 aliphatic carbocycles. The highest BCUT2D eigenvalue weighted by atomic mass is 32.2. The van der Waals surface area contributed by atoms with Crippen molar-refractivity contribution in [3.05, 3.63) is 9.93 Å². The van der Waals surface area contributed by atoms with Gasteiger partial charge in [0.2, 0.25) is 5.91 Å². The van der Waals surface area contributed by atoms with E-state index in [4.69, 9.17) is 0 Å². The van der Waals surface area contributed by atoms with Crippen molar-refractivity contribution in [1.82, 2.24) is 4.90 Å². The van der Waals surface area contributed by atoms with Gasteiger partial charge in [-0.2, -0.15) is 0 Å². The molecule has 21 heavy (non-hydrogen) atoms. The van der Waals surface area contributed by atoms with Crippen LogP contribution >= 0.6 is 23.5 Å². The first-order chi connectivity index (χ1) is 9.91. The number of carboxylic acid groups (broad SMARTS) is 1. The summed E-state index contributed by atoms with van der Waals surface area (Å²) in [5, 5.41) is 18.7. The molecular weight excluding hydrogens is 334 g/mol. The molecule has 0 bridgehead atoms. The zero-order valence-electron chi connectivity index (χ0n) is 11.2. The molecule has 2 N–H and O–H groups in total. The Balaban J connectivity index is 1.84. The lowest BCUT2D eigenvalue weighted by Crippen LogP contribution is -2.60. The van der Waals surface area contributed by atoms with Crippen molar-refractivity contribution in [3.63, 3.8) is 0 Å². The quantitative estimate of drug-likeness (QED) is 0.723. The van der Waals surface area contributed by atoms with E-state index in [9.17, 15) is 24.0 Å². The van der Waals surface area contributed by atoms with Gasteiger partial charge in [0, 0.05) is 16.6 Å². The van der Waals surface area contributed by atoms with Crippen molar-refractivity contribution in [2.45, 2.75) is 35.8 Å². The normalized spacial score (nSPS) is 36.7. The number of carboxylic acids is 1. The van der Waals surface area contributed by atoms with Gasteiger partial charge in [0.05, 0.1) is 20.8 Å². The van der Waals surface area contributed by atoms with Crippen LogP contribution in [0.15, 0.2) is 9.93 Å². The van der Waals surface area contributed by atoms with Crippen molar-refractivity contribution in [3.8, 4) is 0 Å². The highest BCUT2D eigenvalue weighted by Gasteiger charge is 2.58. The minimum absolute atomic E-state index is 0.0131. The highest BCUT2D eigenvalue weighted by Crippen LogP contribution is 2.55. The average molecular weight is 349 g/mol. The molecule has 2 saturated heterocycles. The fraction of sp³-hybridized carbons (Fsp3) is 0.667. The van der Waals surface area contributed by atoms with Crippen molar-refractivity contribution >= 4 is 46.2 Å². The van der Waals surface area contributed by atoms with Crippen LogP contribution in [0.5, 0.6) is 0 Å². The minimum atomic E-state index is -1.14. The van der Waals surface area contributed by atoms with Gasteiger partial charge in [0.25, 0.3) is 0 Å². The summed E-state index contributed by atoms with van der Waals surface area (Å²) < 4.78 is 12.3. The Bertz CT molecular complexity index is 561. The van der Waals surface area contributed by atoms with Crippen LogP contribution in [0.1, 0.15) is 19.8 Å². The molecule has 5 atom stereocenters. The fourth-order valence-corrected chi connectivity index (χ4v) is 8.06. The third-order valence-electron chi connectivity index (χ3n) is 3.79. The van der Waals surface area contributed by atoms with E-state index in [1.165, 1.54) is 35.3 Å². The van der Waals surface area contributed by atoms with E-state index < -0.39 is 28.8 Å². The van der Waals surface area contributed by atoms with Crippen molar-refractivity contribution in [1.29, 1.82) is 0 Å². The zero-order chi connectivity index (χ0) is 15.3. The maximum atomic E-state index is 12.0. The van der Waals surface area contributed by atoms with Crippen LogP contribution in [0.25, 0.3) is 0 Å². The molecule has 1 amide bonds. The van der Waals surface area contributed by atoms with E-state index in [2.05, 4.69) is 0 Å². The molecule has 6 nitrogen and oxygen atoms in total. The second kappa shape index (κ2) is 5.60. The Kier molecular flexibility index (Phi) is 4.10. The zero-order valence-corrected chi connectivity index (χ0v) is 13.7. The summed E-state index contributed by atoms with van der Waals surface area (Å²) in [7, 11) is -0.943. The van der Waals surface area contributed by atoms with Gasteiger partial charge in [0.1, 0.15) is 5.37 Å². The minimum Gasteiger partial charge on any atom is -0.477 e. The monoisotopic (exact) mass is 349 g/mol. The first kappa shape index (κ1) is 15.4. The Hall–Kier alpha value is -0.510. The van der Waals surface area contributed by atoms with E-state index in [0.29, 0.717) is 9.99 Å². The molecule has 3 unspecified atom stereocenters. The number of hydrogen-bond acceptors (Lipinski definition) is 6. The molecule has 3 heterocycles. The number of hydrogen-bond donors (Lipinski definition) is 2. The molecule has 0 aromatic carbocycles. The Morgan fingerprint density at radius 3 is 2.81 bits per heavy atom. The van der Waals surface area contributed by atoms with Crippen LogP contribution in [0.3, 0.4) is 0 Å². The molecule has 0 saturated carbocycles. The van der Waals surface area contributed by atoms with Gasteiger partial charge in [-0.15, -0.1) is 0 Å². The van der Waals surface area contributed by atoms with Gasteiger partial charge in [-0.3, -0.25) is 13.9 Å². The maximum absolute atomic E-state index is 12.0. The molecule has 3 rings (SSSR count). The summed E-state index contributed by atoms with van der Waals surface area (Å²) in [5.41, 5.74) is -0.0131. The van der Waals surface area contributed by atoms with Gasteiger partial charge in [-0.1, -0.05) is 23.5 Å². The number of fused-ring (bicyclic) bond motifs is 1. The molecular formula is C12H15NO5S3. The summed E-state index contributed by atoms with van der Waals surface area (Å²) in [6.45, 7) is 1.54. The number of nitrogens with zero attached hydrogens (tertiary/aromatic N) is 1. The van der Waals surface area contributed by atoms with E-state index in [1.54, 1.807) is 0 Å². The van der Waals surface area contributed by atoms with E-state index in [0.717, 1.165) is 12.8 Å². The van der Waals surface area contributed by atoms with Crippen LogP contribution in [0, 0.1) is 5.92 Å². The van der Waals surface area contributed by atoms with Crippen molar-refractivity contribution < 1.29 is 24.0 Å². The molecule has 2 fully saturated rings. The number of carbonyl (C=O) groups excluding carboxylic acids is 1. The first-order valence-corrected chi connectivity index (χ1v) is 9.75. The van der Waals surface area contributed by atoms with Gasteiger partial charge >= 0.3 is 5.97 Å². The largest absolute Gasteiger partial charge is 0.477 e. The topological polar surface area (TPSA) is 94.9 Å². The second-order valence-electron chi connectivity index (χ2n) is 5.20. The molecule has 0 radical (unpaired) electrons. The van der Waals surface area contributed by atoms with Gasteiger partial charge in [0.15, 0.2) is 5.70 Å². The third-order valence-corrected chi connectivity index (χ3v) is 8.87. The van der Waals surface area contributed by atoms with Crippen LogP contribution in [0.2, 0.25) is 0 Å². The number of aliphatic carboxylic acids is 1. The Morgan fingerprint density at radius 1 is 1.57 bits per heavy atom. The molecule has 0 aromatic heterocycles. The summed E-state index contributed by atoms with van der Waals surface area (Å²) in [6, 6.07) is 0. The van der Waals surface area contributed by atoms with Crippen molar-refractivity contribution in [2.24, 2.45) is 5.92 Å². The number of amides is 1. The third kappa shape index (κ3) is 2.43. The number of β-lactam (4-membered cyclic amide) rings is 1. The van der Waals surface area contributed by atoms with Crippen LogP contribution < -0.4 is 0 Å². The number of rotatable bonds is 4.